The van der Waals surface area contributed by atoms with Gasteiger partial charge in [0.05, 0.1) is 25.1 Å². The molecule has 1 N–H and O–H groups in total. The minimum absolute atomic E-state index is 0.00608. The number of pyridine rings is 1. The number of ether oxygens (including phenoxy) is 2. The van der Waals surface area contributed by atoms with Crippen LogP contribution in [0.4, 0.5) is 0 Å². The Morgan fingerprint density at radius 3 is 2.61 bits per heavy atom. The molecule has 4 aromatic rings. The number of methoxy groups -OCH3 is 2. The summed E-state index contributed by atoms with van der Waals surface area (Å²) in [5.74, 6) is 0.765. The minimum Gasteiger partial charge on any atom is -0.497 e. The molecule has 0 atom stereocenters. The molecule has 6 heteroatoms. The molecule has 0 fully saturated rings. The smallest absolute Gasteiger partial charge is 0.220 e. The molecular weight excluding hydrogens is 414 g/mol. The molecule has 2 aromatic carbocycles. The van der Waals surface area contributed by atoms with Crippen LogP contribution in [0.5, 0.6) is 5.75 Å². The Morgan fingerprint density at radius 2 is 1.82 bits per heavy atom. The highest BCUT2D eigenvalue weighted by atomic mass is 16.5. The highest BCUT2D eigenvalue weighted by molar-refractivity contribution is 5.77. The van der Waals surface area contributed by atoms with Crippen molar-refractivity contribution >= 4 is 11.6 Å². The Morgan fingerprint density at radius 1 is 1.00 bits per heavy atom. The Balaban J connectivity index is 1.75. The molecule has 0 spiro atoms. The average molecular weight is 444 g/mol. The van der Waals surface area contributed by atoms with Gasteiger partial charge in [-0.05, 0) is 48.7 Å². The quantitative estimate of drug-likeness (QED) is 0.382. The third-order valence-corrected chi connectivity index (χ3v) is 5.63. The third-order valence-electron chi connectivity index (χ3n) is 5.63. The summed E-state index contributed by atoms with van der Waals surface area (Å²) < 4.78 is 12.5. The summed E-state index contributed by atoms with van der Waals surface area (Å²) in [5, 5.41) is 2.90. The Kier molecular flexibility index (Phi) is 7.05. The van der Waals surface area contributed by atoms with Crippen LogP contribution in [0, 0.1) is 6.92 Å². The van der Waals surface area contributed by atoms with Crippen LogP contribution >= 0.6 is 0 Å². The molecule has 170 valence electrons. The zero-order valence-electron chi connectivity index (χ0n) is 19.3. The van der Waals surface area contributed by atoms with E-state index in [4.69, 9.17) is 14.5 Å². The normalized spacial score (nSPS) is 11.0. The van der Waals surface area contributed by atoms with Crippen molar-refractivity contribution in [1.29, 1.82) is 0 Å². The molecular formula is C27H29N3O3. The van der Waals surface area contributed by atoms with Gasteiger partial charge in [0.1, 0.15) is 11.4 Å². The van der Waals surface area contributed by atoms with E-state index in [1.165, 1.54) is 5.56 Å². The fraction of sp³-hybridized carbons (Fsp3) is 0.259. The molecule has 0 saturated carbocycles. The van der Waals surface area contributed by atoms with Gasteiger partial charge in [-0.1, -0.05) is 42.0 Å². The summed E-state index contributed by atoms with van der Waals surface area (Å²) in [4.78, 5) is 17.3. The van der Waals surface area contributed by atoms with Crippen LogP contribution in [0.1, 0.15) is 17.7 Å². The van der Waals surface area contributed by atoms with E-state index >= 15 is 0 Å². The first-order valence-corrected chi connectivity index (χ1v) is 11.1. The van der Waals surface area contributed by atoms with Crippen molar-refractivity contribution in [2.45, 2.75) is 19.8 Å². The molecule has 0 aliphatic carbocycles. The molecule has 33 heavy (non-hydrogen) atoms. The topological polar surface area (TPSA) is 64.9 Å². The second-order valence-electron chi connectivity index (χ2n) is 8.00. The summed E-state index contributed by atoms with van der Waals surface area (Å²) in [7, 11) is 3.28. The molecule has 1 amide bonds. The second kappa shape index (κ2) is 10.3. The van der Waals surface area contributed by atoms with Crippen molar-refractivity contribution in [2.24, 2.45) is 0 Å². The monoisotopic (exact) mass is 443 g/mol. The molecule has 2 heterocycles. The van der Waals surface area contributed by atoms with Crippen LogP contribution in [0.25, 0.3) is 28.0 Å². The van der Waals surface area contributed by atoms with Gasteiger partial charge >= 0.3 is 0 Å². The summed E-state index contributed by atoms with van der Waals surface area (Å²) >= 11 is 0. The number of hydrogen-bond donors (Lipinski definition) is 1. The zero-order chi connectivity index (χ0) is 23.2. The van der Waals surface area contributed by atoms with Crippen LogP contribution < -0.4 is 10.1 Å². The lowest BCUT2D eigenvalue weighted by Crippen LogP contribution is -2.27. The Hall–Kier alpha value is -3.64. The van der Waals surface area contributed by atoms with Gasteiger partial charge in [-0.3, -0.25) is 4.79 Å². The molecule has 0 unspecified atom stereocenters. The lowest BCUT2D eigenvalue weighted by atomic mass is 10.0. The Bertz CT molecular complexity index is 1260. The maximum atomic E-state index is 12.4. The number of aryl methyl sites for hydroxylation is 2. The highest BCUT2D eigenvalue weighted by Gasteiger charge is 2.17. The number of carbonyl (C=O) groups is 1. The van der Waals surface area contributed by atoms with Crippen molar-refractivity contribution in [3.63, 3.8) is 0 Å². The number of nitrogens with zero attached hydrogens (tertiary/aromatic N) is 2. The fourth-order valence-electron chi connectivity index (χ4n) is 3.94. The van der Waals surface area contributed by atoms with Crippen molar-refractivity contribution in [3.8, 4) is 28.1 Å². The first kappa shape index (κ1) is 22.6. The largest absolute Gasteiger partial charge is 0.497 e. The van der Waals surface area contributed by atoms with Crippen LogP contribution in [-0.4, -0.2) is 42.7 Å². The van der Waals surface area contributed by atoms with Crippen molar-refractivity contribution < 1.29 is 14.3 Å². The molecule has 2 aromatic heterocycles. The predicted molar refractivity (Wildman–Crippen MR) is 131 cm³/mol. The molecule has 0 radical (unpaired) electrons. The van der Waals surface area contributed by atoms with Crippen molar-refractivity contribution in [1.82, 2.24) is 14.7 Å². The number of rotatable bonds is 9. The molecule has 4 rings (SSSR count). The van der Waals surface area contributed by atoms with E-state index in [0.29, 0.717) is 26.0 Å². The number of hydrogen-bond acceptors (Lipinski definition) is 4. The van der Waals surface area contributed by atoms with Gasteiger partial charge in [0.25, 0.3) is 0 Å². The molecule has 0 aliphatic heterocycles. The standard InChI is InChI=1S/C27H29N3O3/c1-19-6-4-7-20(16-19)22-10-12-25-29-27(21-8-5-9-23(17-21)33-3)24(30(25)18-22)11-13-26(31)28-14-15-32-2/h4-10,12,16-18H,11,13-15H2,1-3H3,(H,28,31). The van der Waals surface area contributed by atoms with E-state index in [1.807, 2.05) is 30.3 Å². The van der Waals surface area contributed by atoms with Gasteiger partial charge in [-0.15, -0.1) is 0 Å². The van der Waals surface area contributed by atoms with E-state index < -0.39 is 0 Å². The van der Waals surface area contributed by atoms with Gasteiger partial charge in [0.15, 0.2) is 0 Å². The number of benzene rings is 2. The Labute approximate surface area is 194 Å². The molecule has 6 nitrogen and oxygen atoms in total. The molecule has 0 saturated heterocycles. The second-order valence-corrected chi connectivity index (χ2v) is 8.00. The van der Waals surface area contributed by atoms with Gasteiger partial charge < -0.3 is 19.2 Å². The van der Waals surface area contributed by atoms with Crippen LogP contribution in [0.15, 0.2) is 66.9 Å². The van der Waals surface area contributed by atoms with Crippen molar-refractivity contribution in [3.05, 3.63) is 78.1 Å². The van der Waals surface area contributed by atoms with E-state index in [0.717, 1.165) is 39.5 Å². The lowest BCUT2D eigenvalue weighted by molar-refractivity contribution is -0.121. The fourth-order valence-corrected chi connectivity index (χ4v) is 3.94. The summed E-state index contributed by atoms with van der Waals surface area (Å²) in [6.45, 7) is 3.09. The van der Waals surface area contributed by atoms with Gasteiger partial charge in [-0.25, -0.2) is 4.98 Å². The van der Waals surface area contributed by atoms with E-state index in [9.17, 15) is 4.79 Å². The lowest BCUT2D eigenvalue weighted by Gasteiger charge is -2.09. The number of amides is 1. The van der Waals surface area contributed by atoms with E-state index in [2.05, 4.69) is 53.2 Å². The zero-order valence-corrected chi connectivity index (χ0v) is 19.3. The first-order chi connectivity index (χ1) is 16.1. The van der Waals surface area contributed by atoms with Gasteiger partial charge in [-0.2, -0.15) is 0 Å². The third kappa shape index (κ3) is 5.23. The maximum Gasteiger partial charge on any atom is 0.220 e. The summed E-state index contributed by atoms with van der Waals surface area (Å²) in [6.07, 6.45) is 3.03. The molecule has 0 aliphatic rings. The number of imidazole rings is 1. The van der Waals surface area contributed by atoms with Crippen molar-refractivity contribution in [2.75, 3.05) is 27.4 Å². The first-order valence-electron chi connectivity index (χ1n) is 11.1. The minimum atomic E-state index is -0.00608. The van der Waals surface area contributed by atoms with Crippen LogP contribution in [-0.2, 0) is 16.0 Å². The summed E-state index contributed by atoms with van der Waals surface area (Å²) in [6, 6.07) is 20.4. The molecule has 0 bridgehead atoms. The van der Waals surface area contributed by atoms with Crippen LogP contribution in [0.3, 0.4) is 0 Å². The maximum absolute atomic E-state index is 12.4. The van der Waals surface area contributed by atoms with Crippen LogP contribution in [0.2, 0.25) is 0 Å². The number of carbonyl (C=O) groups excluding carboxylic acids is 1. The van der Waals surface area contributed by atoms with Gasteiger partial charge in [0, 0.05) is 31.8 Å². The number of aromatic nitrogens is 2. The van der Waals surface area contributed by atoms with E-state index in [-0.39, 0.29) is 5.91 Å². The predicted octanol–water partition coefficient (Wildman–Crippen LogP) is 4.68. The van der Waals surface area contributed by atoms with Gasteiger partial charge in [0.2, 0.25) is 5.91 Å². The summed E-state index contributed by atoms with van der Waals surface area (Å²) in [5.41, 5.74) is 7.13. The highest BCUT2D eigenvalue weighted by Crippen LogP contribution is 2.30. The SMILES string of the molecule is COCCNC(=O)CCc1c(-c2cccc(OC)c2)nc2ccc(-c3cccc(C)c3)cn12. The number of fused-ring (bicyclic) bond motifs is 1. The number of nitrogens with one attached hydrogen (secondary N) is 1. The average Bonchev–Trinajstić information content (AvgIpc) is 3.20. The van der Waals surface area contributed by atoms with E-state index in [1.54, 1.807) is 14.2 Å².